The predicted octanol–water partition coefficient (Wildman–Crippen LogP) is 0.462. The van der Waals surface area contributed by atoms with Gasteiger partial charge in [0.15, 0.2) is 0 Å². The maximum atomic E-state index is 10.9. The topological polar surface area (TPSA) is 66.8 Å². The molecule has 13 heavy (non-hydrogen) atoms. The second-order valence-electron chi connectivity index (χ2n) is 3.60. The minimum Gasteiger partial charge on any atom is -0.463 e. The average Bonchev–Trinajstić information content (AvgIpc) is 1.99. The summed E-state index contributed by atoms with van der Waals surface area (Å²) < 4.78 is 4.72. The van der Waals surface area contributed by atoms with E-state index < -0.39 is 11.7 Å². The zero-order valence-corrected chi connectivity index (χ0v) is 8.41. The van der Waals surface area contributed by atoms with Crippen LogP contribution in [0.5, 0.6) is 0 Å². The predicted molar refractivity (Wildman–Crippen MR) is 48.2 cm³/mol. The Morgan fingerprint density at radius 1 is 1.54 bits per heavy atom. The number of ether oxygens (including phenoxy) is 1. The smallest absolute Gasteiger partial charge is 0.305 e. The van der Waals surface area contributed by atoms with Crippen LogP contribution in [-0.4, -0.2) is 34.5 Å². The number of carbonyl (C=O) groups excluding carboxylic acids is 1. The van der Waals surface area contributed by atoms with Crippen molar-refractivity contribution >= 4 is 5.97 Å². The van der Waals surface area contributed by atoms with E-state index in [1.165, 1.54) is 13.8 Å². The number of hydrogen-bond acceptors (Lipinski definition) is 4. The summed E-state index contributed by atoms with van der Waals surface area (Å²) in [6, 6.07) is 0. The number of aliphatic hydroxyl groups excluding tert-OH is 1. The molecule has 0 saturated carbocycles. The molecule has 0 saturated heterocycles. The Hall–Kier alpha value is -0.610. The Balaban J connectivity index is 3.70. The summed E-state index contributed by atoms with van der Waals surface area (Å²) in [5.74, 6) is -0.342. The van der Waals surface area contributed by atoms with Crippen molar-refractivity contribution in [1.82, 2.24) is 0 Å². The molecule has 0 heterocycles. The molecule has 1 atom stereocenters. The van der Waals surface area contributed by atoms with Gasteiger partial charge in [0.2, 0.25) is 0 Å². The molecule has 0 aliphatic rings. The monoisotopic (exact) mass is 190 g/mol. The highest BCUT2D eigenvalue weighted by Gasteiger charge is 2.25. The Morgan fingerprint density at radius 3 is 2.46 bits per heavy atom. The van der Waals surface area contributed by atoms with Crippen molar-refractivity contribution in [2.45, 2.75) is 45.3 Å². The van der Waals surface area contributed by atoms with Crippen molar-refractivity contribution in [2.24, 2.45) is 0 Å². The van der Waals surface area contributed by atoms with E-state index in [-0.39, 0.29) is 12.6 Å². The first-order valence-electron chi connectivity index (χ1n) is 4.44. The van der Waals surface area contributed by atoms with E-state index in [0.717, 1.165) is 6.42 Å². The third kappa shape index (κ3) is 5.60. The van der Waals surface area contributed by atoms with Gasteiger partial charge in [0.1, 0.15) is 12.7 Å². The van der Waals surface area contributed by atoms with Crippen molar-refractivity contribution in [3.63, 3.8) is 0 Å². The van der Waals surface area contributed by atoms with Gasteiger partial charge in [-0.1, -0.05) is 6.92 Å². The Morgan fingerprint density at radius 2 is 2.08 bits per heavy atom. The third-order valence-electron chi connectivity index (χ3n) is 1.67. The molecular formula is C9H18O4. The lowest BCUT2D eigenvalue weighted by molar-refractivity contribution is -0.152. The molecule has 4 heteroatoms. The number of aliphatic hydroxyl groups is 2. The lowest BCUT2D eigenvalue weighted by Gasteiger charge is -2.23. The van der Waals surface area contributed by atoms with Crippen LogP contribution in [0.1, 0.15) is 33.6 Å². The van der Waals surface area contributed by atoms with Gasteiger partial charge in [0.05, 0.1) is 5.60 Å². The van der Waals surface area contributed by atoms with Crippen LogP contribution < -0.4 is 0 Å². The first kappa shape index (κ1) is 12.4. The summed E-state index contributed by atoms with van der Waals surface area (Å²) in [4.78, 5) is 10.9. The van der Waals surface area contributed by atoms with E-state index in [1.54, 1.807) is 0 Å². The Bertz CT molecular complexity index is 159. The van der Waals surface area contributed by atoms with Gasteiger partial charge in [-0.25, -0.2) is 0 Å². The van der Waals surface area contributed by atoms with Gasteiger partial charge in [0, 0.05) is 6.42 Å². The molecule has 1 unspecified atom stereocenters. The highest BCUT2D eigenvalue weighted by molar-refractivity contribution is 5.69. The van der Waals surface area contributed by atoms with Crippen LogP contribution in [0.25, 0.3) is 0 Å². The Labute approximate surface area is 78.5 Å². The van der Waals surface area contributed by atoms with Gasteiger partial charge in [-0.05, 0) is 20.3 Å². The summed E-state index contributed by atoms with van der Waals surface area (Å²) in [6.07, 6.45) is 0.0315. The van der Waals surface area contributed by atoms with Gasteiger partial charge in [-0.3, -0.25) is 4.79 Å². The van der Waals surface area contributed by atoms with Gasteiger partial charge in [-0.15, -0.1) is 0 Å². The summed E-state index contributed by atoms with van der Waals surface area (Å²) in [7, 11) is 0. The highest BCUT2D eigenvalue weighted by atomic mass is 16.5. The number of carbonyl (C=O) groups is 1. The molecule has 0 rings (SSSR count). The molecule has 0 aromatic rings. The third-order valence-corrected chi connectivity index (χ3v) is 1.67. The molecule has 0 aromatic carbocycles. The lowest BCUT2D eigenvalue weighted by Crippen LogP contribution is -2.39. The zero-order chi connectivity index (χ0) is 10.5. The van der Waals surface area contributed by atoms with Crippen molar-refractivity contribution in [3.8, 4) is 0 Å². The molecule has 4 nitrogen and oxygen atoms in total. The van der Waals surface area contributed by atoms with Crippen LogP contribution >= 0.6 is 0 Å². The molecule has 0 aliphatic heterocycles. The summed E-state index contributed by atoms with van der Waals surface area (Å²) in [6.45, 7) is 4.65. The van der Waals surface area contributed by atoms with E-state index >= 15 is 0 Å². The SMILES string of the molecule is CCCC(=O)OCC(O)C(C)(C)O. The first-order chi connectivity index (χ1) is 5.88. The van der Waals surface area contributed by atoms with Crippen LogP contribution in [0.3, 0.4) is 0 Å². The van der Waals surface area contributed by atoms with Gasteiger partial charge in [-0.2, -0.15) is 0 Å². The minimum absolute atomic E-state index is 0.150. The molecule has 0 fully saturated rings. The molecular weight excluding hydrogens is 172 g/mol. The standard InChI is InChI=1S/C9H18O4/c1-4-5-8(11)13-6-7(10)9(2,3)12/h7,10,12H,4-6H2,1-3H3. The van der Waals surface area contributed by atoms with Crippen LogP contribution in [0.4, 0.5) is 0 Å². The molecule has 0 spiro atoms. The zero-order valence-electron chi connectivity index (χ0n) is 8.41. The number of rotatable bonds is 5. The van der Waals surface area contributed by atoms with Crippen LogP contribution in [0, 0.1) is 0 Å². The van der Waals surface area contributed by atoms with Crippen molar-refractivity contribution in [3.05, 3.63) is 0 Å². The van der Waals surface area contributed by atoms with Gasteiger partial charge < -0.3 is 14.9 Å². The quantitative estimate of drug-likeness (QED) is 0.618. The largest absolute Gasteiger partial charge is 0.463 e. The van der Waals surface area contributed by atoms with Crippen LogP contribution in [-0.2, 0) is 9.53 Å². The van der Waals surface area contributed by atoms with E-state index in [1.807, 2.05) is 6.92 Å². The second-order valence-corrected chi connectivity index (χ2v) is 3.60. The van der Waals surface area contributed by atoms with Gasteiger partial charge in [0.25, 0.3) is 0 Å². The molecule has 0 radical (unpaired) electrons. The second kappa shape index (κ2) is 5.19. The average molecular weight is 190 g/mol. The van der Waals surface area contributed by atoms with E-state index in [4.69, 9.17) is 4.74 Å². The number of hydrogen-bond donors (Lipinski definition) is 2. The van der Waals surface area contributed by atoms with E-state index in [9.17, 15) is 15.0 Å². The number of esters is 1. The van der Waals surface area contributed by atoms with E-state index in [2.05, 4.69) is 0 Å². The minimum atomic E-state index is -1.23. The molecule has 0 aliphatic carbocycles. The Kier molecular flexibility index (Phi) is 4.95. The lowest BCUT2D eigenvalue weighted by atomic mass is 10.0. The fourth-order valence-corrected chi connectivity index (χ4v) is 0.652. The molecule has 0 aromatic heterocycles. The maximum absolute atomic E-state index is 10.9. The fraction of sp³-hybridized carbons (Fsp3) is 0.889. The van der Waals surface area contributed by atoms with Crippen molar-refractivity contribution < 1.29 is 19.7 Å². The molecule has 0 bridgehead atoms. The summed E-state index contributed by atoms with van der Waals surface area (Å²) in [5, 5.41) is 18.6. The van der Waals surface area contributed by atoms with E-state index in [0.29, 0.717) is 6.42 Å². The molecule has 2 N–H and O–H groups in total. The summed E-state index contributed by atoms with van der Waals surface area (Å²) in [5.41, 5.74) is -1.23. The van der Waals surface area contributed by atoms with Crippen molar-refractivity contribution in [2.75, 3.05) is 6.61 Å². The first-order valence-corrected chi connectivity index (χ1v) is 4.44. The van der Waals surface area contributed by atoms with Crippen LogP contribution in [0.15, 0.2) is 0 Å². The summed E-state index contributed by atoms with van der Waals surface area (Å²) >= 11 is 0. The van der Waals surface area contributed by atoms with Crippen LogP contribution in [0.2, 0.25) is 0 Å². The van der Waals surface area contributed by atoms with Gasteiger partial charge >= 0.3 is 5.97 Å². The van der Waals surface area contributed by atoms with Crippen molar-refractivity contribution in [1.29, 1.82) is 0 Å². The maximum Gasteiger partial charge on any atom is 0.305 e. The normalized spacial score (nSPS) is 13.9. The fourth-order valence-electron chi connectivity index (χ4n) is 0.652. The molecule has 78 valence electrons. The highest BCUT2D eigenvalue weighted by Crippen LogP contribution is 2.08. The molecule has 0 amide bonds.